The molecule has 0 spiro atoms. The maximum atomic E-state index is 12.1. The Balaban J connectivity index is 0.00000289. The van der Waals surface area contributed by atoms with Crippen LogP contribution in [0.4, 0.5) is 0 Å². The molecule has 1 aromatic heterocycles. The van der Waals surface area contributed by atoms with E-state index in [9.17, 15) is 4.79 Å². The molecule has 1 amide bonds. The zero-order chi connectivity index (χ0) is 21.6. The van der Waals surface area contributed by atoms with Gasteiger partial charge in [-0.05, 0) is 47.9 Å². The number of aliphatic imine (C=N–C) groups is 1. The summed E-state index contributed by atoms with van der Waals surface area (Å²) in [6.45, 7) is 0.871. The van der Waals surface area contributed by atoms with E-state index >= 15 is 0 Å². The van der Waals surface area contributed by atoms with Crippen molar-refractivity contribution in [2.24, 2.45) is 4.99 Å². The van der Waals surface area contributed by atoms with Crippen LogP contribution in [0.5, 0.6) is 0 Å². The third-order valence-electron chi connectivity index (χ3n) is 5.83. The number of aromatic amines is 1. The van der Waals surface area contributed by atoms with Crippen LogP contribution in [0.15, 0.2) is 59.6 Å². The molecule has 1 heterocycles. The molecule has 32 heavy (non-hydrogen) atoms. The molecule has 3 N–H and O–H groups in total. The van der Waals surface area contributed by atoms with Crippen molar-refractivity contribution in [3.63, 3.8) is 0 Å². The lowest BCUT2D eigenvalue weighted by molar-refractivity contribution is -0.127. The molecule has 1 unspecified atom stereocenters. The van der Waals surface area contributed by atoms with Crippen molar-refractivity contribution in [2.45, 2.75) is 31.7 Å². The minimum Gasteiger partial charge on any atom is -0.358 e. The van der Waals surface area contributed by atoms with Crippen LogP contribution in [0.3, 0.4) is 0 Å². The number of H-pyrrole nitrogens is 1. The van der Waals surface area contributed by atoms with E-state index in [4.69, 9.17) is 0 Å². The number of carbonyl (C=O) groups is 1. The number of hydrogen-bond acceptors (Lipinski definition) is 2. The quantitative estimate of drug-likeness (QED) is 0.252. The smallest absolute Gasteiger partial charge is 0.243 e. The maximum absolute atomic E-state index is 12.1. The molecule has 0 bridgehead atoms. The number of nitrogens with one attached hydrogen (secondary N) is 3. The number of aromatic nitrogens is 1. The van der Waals surface area contributed by atoms with E-state index in [2.05, 4.69) is 69.1 Å². The van der Waals surface area contributed by atoms with Crippen LogP contribution in [-0.2, 0) is 24.1 Å². The van der Waals surface area contributed by atoms with Gasteiger partial charge in [0.05, 0.1) is 0 Å². The van der Waals surface area contributed by atoms with Crippen LogP contribution in [-0.4, -0.2) is 55.0 Å². The first kappa shape index (κ1) is 24.1. The molecule has 0 fully saturated rings. The number of hydrogen-bond donors (Lipinski definition) is 3. The minimum atomic E-state index is -0.00860. The van der Waals surface area contributed by atoms with Crippen molar-refractivity contribution in [1.29, 1.82) is 0 Å². The summed E-state index contributed by atoms with van der Waals surface area (Å²) in [6.07, 6.45) is 3.94. The second kappa shape index (κ2) is 11.4. The molecular formula is C25H32IN5O. The molecule has 4 rings (SSSR count). The predicted octanol–water partition coefficient (Wildman–Crippen LogP) is 3.51. The largest absolute Gasteiger partial charge is 0.358 e. The number of rotatable bonds is 6. The van der Waals surface area contributed by atoms with E-state index in [0.29, 0.717) is 12.0 Å². The summed E-state index contributed by atoms with van der Waals surface area (Å²) in [4.78, 5) is 21.7. The van der Waals surface area contributed by atoms with Gasteiger partial charge in [0.15, 0.2) is 5.96 Å². The lowest BCUT2D eigenvalue weighted by Gasteiger charge is -2.27. The van der Waals surface area contributed by atoms with Crippen molar-refractivity contribution in [3.8, 4) is 0 Å². The van der Waals surface area contributed by atoms with Crippen LogP contribution < -0.4 is 10.6 Å². The number of guanidine groups is 1. The summed E-state index contributed by atoms with van der Waals surface area (Å²) in [5, 5.41) is 8.21. The summed E-state index contributed by atoms with van der Waals surface area (Å²) in [6, 6.07) is 19.4. The van der Waals surface area contributed by atoms with Crippen LogP contribution in [0.2, 0.25) is 0 Å². The number of carbonyl (C=O) groups excluding carboxylic acids is 1. The highest BCUT2D eigenvalue weighted by molar-refractivity contribution is 14.0. The second-order valence-electron chi connectivity index (χ2n) is 8.36. The fraction of sp³-hybridized carbons (Fsp3) is 0.360. The number of fused-ring (bicyclic) bond motifs is 2. The standard InChI is InChI=1S/C25H31N5O.HI/c1-30(2)24(31)17-27-25(29-21-12-11-18-7-3-4-8-19(18)15-21)26-14-13-22-16-20-9-5-6-10-23(20)28-22;/h3-10,16,21,28H,11-15,17H2,1-2H3,(H2,26,27,29);1H. The highest BCUT2D eigenvalue weighted by Gasteiger charge is 2.19. The molecule has 1 aliphatic rings. The van der Waals surface area contributed by atoms with Gasteiger partial charge in [-0.1, -0.05) is 42.5 Å². The molecule has 0 radical (unpaired) electrons. The zero-order valence-electron chi connectivity index (χ0n) is 18.7. The van der Waals surface area contributed by atoms with Crippen molar-refractivity contribution in [3.05, 3.63) is 71.4 Å². The van der Waals surface area contributed by atoms with Gasteiger partial charge >= 0.3 is 0 Å². The Morgan fingerprint density at radius 1 is 1.12 bits per heavy atom. The summed E-state index contributed by atoms with van der Waals surface area (Å²) in [7, 11) is 3.51. The van der Waals surface area contributed by atoms with E-state index in [1.54, 1.807) is 19.0 Å². The molecule has 0 saturated carbocycles. The SMILES string of the molecule is CN(C)C(=O)CN=C(NCCc1cc2ccccc2[nH]1)NC1CCc2ccccc2C1.I. The number of benzene rings is 2. The van der Waals surface area contributed by atoms with Gasteiger partial charge in [0.1, 0.15) is 6.54 Å². The Bertz CT molecular complexity index is 1040. The van der Waals surface area contributed by atoms with Crippen molar-refractivity contribution in [1.82, 2.24) is 20.5 Å². The normalized spacial score (nSPS) is 15.6. The van der Waals surface area contributed by atoms with E-state index in [1.165, 1.54) is 22.2 Å². The fourth-order valence-electron chi connectivity index (χ4n) is 4.04. The molecular weight excluding hydrogens is 513 g/mol. The lowest BCUT2D eigenvalue weighted by Crippen LogP contribution is -2.46. The first-order valence-corrected chi connectivity index (χ1v) is 11.0. The Kier molecular flexibility index (Phi) is 8.55. The minimum absolute atomic E-state index is 0. The first-order chi connectivity index (χ1) is 15.1. The highest BCUT2D eigenvalue weighted by Crippen LogP contribution is 2.21. The van der Waals surface area contributed by atoms with Gasteiger partial charge in [-0.25, -0.2) is 4.99 Å². The third kappa shape index (κ3) is 6.25. The van der Waals surface area contributed by atoms with E-state index in [0.717, 1.165) is 37.7 Å². The number of aryl methyl sites for hydroxylation is 1. The highest BCUT2D eigenvalue weighted by atomic mass is 127. The average molecular weight is 545 g/mol. The molecule has 0 aliphatic heterocycles. The molecule has 0 saturated heterocycles. The van der Waals surface area contributed by atoms with Gasteiger partial charge in [0, 0.05) is 44.3 Å². The van der Waals surface area contributed by atoms with Crippen molar-refractivity contribution in [2.75, 3.05) is 27.2 Å². The first-order valence-electron chi connectivity index (χ1n) is 11.0. The number of halogens is 1. The molecule has 7 heteroatoms. The maximum Gasteiger partial charge on any atom is 0.243 e. The lowest BCUT2D eigenvalue weighted by atomic mass is 9.88. The second-order valence-corrected chi connectivity index (χ2v) is 8.36. The number of nitrogens with zero attached hydrogens (tertiary/aromatic N) is 2. The van der Waals surface area contributed by atoms with Gasteiger partial charge in [-0.2, -0.15) is 0 Å². The van der Waals surface area contributed by atoms with Crippen molar-refractivity contribution >= 4 is 46.7 Å². The van der Waals surface area contributed by atoms with Crippen LogP contribution in [0.1, 0.15) is 23.2 Å². The van der Waals surface area contributed by atoms with Gasteiger partial charge in [-0.15, -0.1) is 24.0 Å². The van der Waals surface area contributed by atoms with Gasteiger partial charge in [0.25, 0.3) is 0 Å². The molecule has 1 atom stereocenters. The number of para-hydroxylation sites is 1. The molecule has 6 nitrogen and oxygen atoms in total. The predicted molar refractivity (Wildman–Crippen MR) is 142 cm³/mol. The Morgan fingerprint density at radius 2 is 1.88 bits per heavy atom. The molecule has 170 valence electrons. The van der Waals surface area contributed by atoms with E-state index < -0.39 is 0 Å². The summed E-state index contributed by atoms with van der Waals surface area (Å²) < 4.78 is 0. The Morgan fingerprint density at radius 3 is 2.66 bits per heavy atom. The summed E-state index contributed by atoms with van der Waals surface area (Å²) in [5.41, 5.74) is 5.17. The van der Waals surface area contributed by atoms with E-state index in [-0.39, 0.29) is 36.4 Å². The monoisotopic (exact) mass is 545 g/mol. The van der Waals surface area contributed by atoms with Crippen LogP contribution in [0.25, 0.3) is 10.9 Å². The number of likely N-dealkylation sites (N-methyl/N-ethyl adjacent to an activating group) is 1. The molecule has 2 aromatic carbocycles. The zero-order valence-corrected chi connectivity index (χ0v) is 21.1. The number of amides is 1. The summed E-state index contributed by atoms with van der Waals surface area (Å²) >= 11 is 0. The van der Waals surface area contributed by atoms with Gasteiger partial charge in [-0.3, -0.25) is 4.79 Å². The molecule has 3 aromatic rings. The summed E-state index contributed by atoms with van der Waals surface area (Å²) in [5.74, 6) is 0.696. The fourth-order valence-corrected chi connectivity index (χ4v) is 4.04. The van der Waals surface area contributed by atoms with E-state index in [1.807, 2.05) is 6.07 Å². The Labute approximate surface area is 206 Å². The van der Waals surface area contributed by atoms with Crippen molar-refractivity contribution < 1.29 is 4.79 Å². The topological polar surface area (TPSA) is 72.5 Å². The van der Waals surface area contributed by atoms with Crippen LogP contribution in [0, 0.1) is 0 Å². The van der Waals surface area contributed by atoms with Gasteiger partial charge < -0.3 is 20.5 Å². The Hall–Kier alpha value is -2.55. The third-order valence-corrected chi connectivity index (χ3v) is 5.83. The molecule has 1 aliphatic carbocycles. The van der Waals surface area contributed by atoms with Gasteiger partial charge in [0.2, 0.25) is 5.91 Å². The van der Waals surface area contributed by atoms with Crippen LogP contribution >= 0.6 is 24.0 Å². The average Bonchev–Trinajstić information content (AvgIpc) is 3.19.